The summed E-state index contributed by atoms with van der Waals surface area (Å²) in [6.45, 7) is 2.31. The quantitative estimate of drug-likeness (QED) is 0.643. The summed E-state index contributed by atoms with van der Waals surface area (Å²) in [6, 6.07) is 0. The monoisotopic (exact) mass is 212 g/mol. The Morgan fingerprint density at radius 1 is 0.733 bits per heavy atom. The Bertz CT molecular complexity index is 155. The van der Waals surface area contributed by atoms with E-state index in [2.05, 4.69) is 10.6 Å². The van der Waals surface area contributed by atoms with Crippen LogP contribution < -0.4 is 10.6 Å². The second kappa shape index (κ2) is 8.72. The molecule has 88 valence electrons. The molecule has 0 radical (unpaired) electrons. The van der Waals surface area contributed by atoms with E-state index in [-0.39, 0.29) is 5.91 Å². The maximum atomic E-state index is 11.3. The van der Waals surface area contributed by atoms with Crippen LogP contribution in [0.25, 0.3) is 0 Å². The van der Waals surface area contributed by atoms with Gasteiger partial charge in [-0.05, 0) is 19.4 Å². The zero-order valence-electron chi connectivity index (χ0n) is 9.69. The number of hydrogen-bond donors (Lipinski definition) is 2. The summed E-state index contributed by atoms with van der Waals surface area (Å²) in [5.41, 5.74) is 0. The standard InChI is InChI=1S/C12H24N2O/c15-12-11-13-9-7-5-3-1-2-4-6-8-10-14-12/h13H,1-11H2,(H,14,15). The largest absolute Gasteiger partial charge is 0.355 e. The first-order chi connectivity index (χ1) is 7.39. The summed E-state index contributed by atoms with van der Waals surface area (Å²) >= 11 is 0. The molecule has 0 unspecified atom stereocenters. The number of hydrogen-bond acceptors (Lipinski definition) is 2. The molecule has 0 aromatic rings. The summed E-state index contributed by atoms with van der Waals surface area (Å²) in [5.74, 6) is 0.145. The molecule has 1 aliphatic rings. The molecule has 1 amide bonds. The van der Waals surface area contributed by atoms with Crippen LogP contribution in [0.4, 0.5) is 0 Å². The molecule has 0 aromatic heterocycles. The van der Waals surface area contributed by atoms with Crippen molar-refractivity contribution in [1.29, 1.82) is 0 Å². The van der Waals surface area contributed by atoms with Crippen molar-refractivity contribution >= 4 is 5.91 Å². The van der Waals surface area contributed by atoms with Gasteiger partial charge in [-0.3, -0.25) is 4.79 Å². The topological polar surface area (TPSA) is 41.1 Å². The van der Waals surface area contributed by atoms with Crippen LogP contribution in [0.3, 0.4) is 0 Å². The van der Waals surface area contributed by atoms with Crippen LogP contribution in [0.15, 0.2) is 0 Å². The van der Waals surface area contributed by atoms with Gasteiger partial charge in [-0.1, -0.05) is 38.5 Å². The van der Waals surface area contributed by atoms with E-state index < -0.39 is 0 Å². The van der Waals surface area contributed by atoms with Crippen molar-refractivity contribution in [2.75, 3.05) is 19.6 Å². The zero-order chi connectivity index (χ0) is 10.8. The molecular formula is C12H24N2O. The van der Waals surface area contributed by atoms with Crippen LogP contribution >= 0.6 is 0 Å². The summed E-state index contributed by atoms with van der Waals surface area (Å²) in [5, 5.41) is 6.11. The molecule has 3 nitrogen and oxygen atoms in total. The summed E-state index contributed by atoms with van der Waals surface area (Å²) in [4.78, 5) is 11.3. The van der Waals surface area contributed by atoms with E-state index in [9.17, 15) is 4.79 Å². The molecule has 1 heterocycles. The van der Waals surface area contributed by atoms with Crippen molar-refractivity contribution in [1.82, 2.24) is 10.6 Å². The van der Waals surface area contributed by atoms with Crippen molar-refractivity contribution < 1.29 is 4.79 Å². The number of amides is 1. The van der Waals surface area contributed by atoms with Gasteiger partial charge in [-0.15, -0.1) is 0 Å². The highest BCUT2D eigenvalue weighted by Crippen LogP contribution is 2.08. The van der Waals surface area contributed by atoms with Crippen LogP contribution in [-0.4, -0.2) is 25.5 Å². The minimum Gasteiger partial charge on any atom is -0.355 e. The number of nitrogens with one attached hydrogen (secondary N) is 2. The fourth-order valence-electron chi connectivity index (χ4n) is 1.93. The van der Waals surface area contributed by atoms with Crippen molar-refractivity contribution in [2.45, 2.75) is 51.4 Å². The first-order valence-electron chi connectivity index (χ1n) is 6.37. The molecule has 15 heavy (non-hydrogen) atoms. The molecule has 0 spiro atoms. The third-order valence-corrected chi connectivity index (χ3v) is 2.89. The van der Waals surface area contributed by atoms with Gasteiger partial charge in [0.2, 0.25) is 5.91 Å². The molecule has 0 atom stereocenters. The van der Waals surface area contributed by atoms with Gasteiger partial charge in [-0.25, -0.2) is 0 Å². The SMILES string of the molecule is O=C1CNCCCCCCCCCCN1. The highest BCUT2D eigenvalue weighted by atomic mass is 16.1. The predicted molar refractivity (Wildman–Crippen MR) is 62.8 cm³/mol. The van der Waals surface area contributed by atoms with Gasteiger partial charge in [0.1, 0.15) is 0 Å². The Hall–Kier alpha value is -0.570. The number of carbonyl (C=O) groups excluding carboxylic acids is 1. The predicted octanol–water partition coefficient (Wildman–Crippen LogP) is 1.83. The Morgan fingerprint density at radius 2 is 1.27 bits per heavy atom. The van der Waals surface area contributed by atoms with Gasteiger partial charge in [0.15, 0.2) is 0 Å². The van der Waals surface area contributed by atoms with Crippen LogP contribution in [0.2, 0.25) is 0 Å². The molecule has 1 fully saturated rings. The van der Waals surface area contributed by atoms with E-state index in [1.54, 1.807) is 0 Å². The lowest BCUT2D eigenvalue weighted by atomic mass is 10.1. The maximum Gasteiger partial charge on any atom is 0.233 e. The lowest BCUT2D eigenvalue weighted by Crippen LogP contribution is -2.34. The van der Waals surface area contributed by atoms with Gasteiger partial charge in [0, 0.05) is 6.54 Å². The Labute approximate surface area is 93.0 Å². The molecule has 0 saturated carbocycles. The van der Waals surface area contributed by atoms with Crippen LogP contribution in [0.5, 0.6) is 0 Å². The van der Waals surface area contributed by atoms with E-state index in [0.29, 0.717) is 6.54 Å². The van der Waals surface area contributed by atoms with E-state index in [1.165, 1.54) is 44.9 Å². The summed E-state index contributed by atoms with van der Waals surface area (Å²) in [6.07, 6.45) is 10.3. The molecule has 2 N–H and O–H groups in total. The third-order valence-electron chi connectivity index (χ3n) is 2.89. The molecule has 1 aliphatic heterocycles. The second-order valence-corrected chi connectivity index (χ2v) is 4.36. The smallest absolute Gasteiger partial charge is 0.233 e. The fraction of sp³-hybridized carbons (Fsp3) is 0.917. The molecular weight excluding hydrogens is 188 g/mol. The minimum atomic E-state index is 0.145. The average Bonchev–Trinajstić information content (AvgIpc) is 2.24. The van der Waals surface area contributed by atoms with E-state index >= 15 is 0 Å². The summed E-state index contributed by atoms with van der Waals surface area (Å²) in [7, 11) is 0. The number of carbonyl (C=O) groups is 1. The van der Waals surface area contributed by atoms with Crippen LogP contribution in [0.1, 0.15) is 51.4 Å². The number of rotatable bonds is 0. The van der Waals surface area contributed by atoms with E-state index in [1.807, 2.05) is 0 Å². The lowest BCUT2D eigenvalue weighted by molar-refractivity contribution is -0.120. The van der Waals surface area contributed by atoms with Crippen molar-refractivity contribution in [3.05, 3.63) is 0 Å². The Balaban J connectivity index is 2.13. The van der Waals surface area contributed by atoms with Gasteiger partial charge in [-0.2, -0.15) is 0 Å². The second-order valence-electron chi connectivity index (χ2n) is 4.36. The zero-order valence-corrected chi connectivity index (χ0v) is 9.69. The van der Waals surface area contributed by atoms with E-state index in [4.69, 9.17) is 0 Å². The molecule has 1 rings (SSSR count). The van der Waals surface area contributed by atoms with Crippen molar-refractivity contribution in [3.63, 3.8) is 0 Å². The molecule has 0 aromatic carbocycles. The van der Waals surface area contributed by atoms with Gasteiger partial charge in [0.25, 0.3) is 0 Å². The molecule has 0 bridgehead atoms. The third kappa shape index (κ3) is 7.37. The molecule has 3 heteroatoms. The van der Waals surface area contributed by atoms with Gasteiger partial charge in [0.05, 0.1) is 6.54 Å². The summed E-state index contributed by atoms with van der Waals surface area (Å²) < 4.78 is 0. The fourth-order valence-corrected chi connectivity index (χ4v) is 1.93. The first kappa shape index (κ1) is 12.5. The van der Waals surface area contributed by atoms with Crippen molar-refractivity contribution in [2.24, 2.45) is 0 Å². The minimum absolute atomic E-state index is 0.145. The van der Waals surface area contributed by atoms with Crippen LogP contribution in [-0.2, 0) is 4.79 Å². The molecule has 0 aliphatic carbocycles. The maximum absolute atomic E-state index is 11.3. The normalized spacial score (nSPS) is 22.8. The average molecular weight is 212 g/mol. The lowest BCUT2D eigenvalue weighted by Gasteiger charge is -2.08. The highest BCUT2D eigenvalue weighted by molar-refractivity contribution is 5.77. The van der Waals surface area contributed by atoms with E-state index in [0.717, 1.165) is 19.5 Å². The first-order valence-corrected chi connectivity index (χ1v) is 6.37. The van der Waals surface area contributed by atoms with Crippen molar-refractivity contribution in [3.8, 4) is 0 Å². The van der Waals surface area contributed by atoms with Gasteiger partial charge < -0.3 is 10.6 Å². The Kier molecular flexibility index (Phi) is 7.26. The Morgan fingerprint density at radius 3 is 1.93 bits per heavy atom. The molecule has 1 saturated heterocycles. The van der Waals surface area contributed by atoms with Crippen LogP contribution in [0, 0.1) is 0 Å². The highest BCUT2D eigenvalue weighted by Gasteiger charge is 2.00. The van der Waals surface area contributed by atoms with Gasteiger partial charge >= 0.3 is 0 Å².